The number of benzene rings is 4. The minimum Gasteiger partial charge on any atom is -0.488 e. The summed E-state index contributed by atoms with van der Waals surface area (Å²) in [6.07, 6.45) is 7.58. The fourth-order valence-corrected chi connectivity index (χ4v) is 5.55. The Hall–Kier alpha value is -4.71. The van der Waals surface area contributed by atoms with Gasteiger partial charge in [0.1, 0.15) is 12.4 Å². The van der Waals surface area contributed by atoms with E-state index in [1.807, 2.05) is 30.5 Å². The molecule has 1 N–H and O–H groups in total. The van der Waals surface area contributed by atoms with Gasteiger partial charge in [-0.1, -0.05) is 54.1 Å². The number of non-ortho nitro benzene ring substituents is 1. The molecule has 2 aliphatic rings. The summed E-state index contributed by atoms with van der Waals surface area (Å²) in [5.41, 5.74) is 7.86. The van der Waals surface area contributed by atoms with Crippen LogP contribution in [0, 0.1) is 23.0 Å². The third kappa shape index (κ3) is 5.18. The number of fused-ring (bicyclic) bond motifs is 3. The molecule has 39 heavy (non-hydrogen) atoms. The number of nitro benzene ring substituents is 1. The number of aryl methyl sites for hydroxylation is 1. The van der Waals surface area contributed by atoms with Crippen LogP contribution < -0.4 is 10.1 Å². The Morgan fingerprint density at radius 2 is 1.82 bits per heavy atom. The molecule has 1 aliphatic carbocycles. The lowest BCUT2D eigenvalue weighted by Gasteiger charge is -2.37. The molecule has 6 heteroatoms. The van der Waals surface area contributed by atoms with Gasteiger partial charge in [-0.3, -0.25) is 15.1 Å². The Balaban J connectivity index is 1.15. The van der Waals surface area contributed by atoms with Crippen molar-refractivity contribution in [1.82, 2.24) is 0 Å². The molecule has 0 saturated heterocycles. The molecule has 0 spiro atoms. The van der Waals surface area contributed by atoms with E-state index in [4.69, 9.17) is 9.73 Å². The number of para-hydroxylation sites is 1. The maximum atomic E-state index is 10.9. The van der Waals surface area contributed by atoms with Gasteiger partial charge in [0.25, 0.3) is 5.69 Å². The van der Waals surface area contributed by atoms with Crippen LogP contribution in [-0.2, 0) is 6.61 Å². The number of rotatable bonds is 7. The van der Waals surface area contributed by atoms with E-state index in [-0.39, 0.29) is 11.7 Å². The van der Waals surface area contributed by atoms with E-state index < -0.39 is 4.92 Å². The highest BCUT2D eigenvalue weighted by Gasteiger charge is 2.37. The lowest BCUT2D eigenvalue weighted by molar-refractivity contribution is -0.384. The third-order valence-corrected chi connectivity index (χ3v) is 7.58. The van der Waals surface area contributed by atoms with Crippen LogP contribution in [0.2, 0.25) is 0 Å². The molecule has 4 aromatic carbocycles. The number of hydrogen-bond donors (Lipinski definition) is 1. The number of nitrogens with zero attached hydrogens (tertiary/aromatic N) is 2. The van der Waals surface area contributed by atoms with Crippen molar-refractivity contribution in [1.29, 1.82) is 0 Å². The van der Waals surface area contributed by atoms with Crippen LogP contribution in [0.3, 0.4) is 0 Å². The van der Waals surface area contributed by atoms with E-state index in [0.717, 1.165) is 23.2 Å². The van der Waals surface area contributed by atoms with E-state index in [0.29, 0.717) is 24.2 Å². The van der Waals surface area contributed by atoms with Crippen molar-refractivity contribution in [2.45, 2.75) is 31.9 Å². The number of anilines is 1. The molecule has 0 saturated carbocycles. The first kappa shape index (κ1) is 24.6. The zero-order valence-corrected chi connectivity index (χ0v) is 21.7. The highest BCUT2D eigenvalue weighted by atomic mass is 16.6. The van der Waals surface area contributed by atoms with Crippen molar-refractivity contribution in [2.75, 3.05) is 5.32 Å². The monoisotopic (exact) mass is 515 g/mol. The Kier molecular flexibility index (Phi) is 6.68. The Labute approximate surface area is 227 Å². The molecule has 6 nitrogen and oxygen atoms in total. The van der Waals surface area contributed by atoms with Crippen molar-refractivity contribution in [2.24, 2.45) is 10.9 Å². The van der Waals surface area contributed by atoms with Crippen LogP contribution >= 0.6 is 0 Å². The SMILES string of the molecule is Cc1ccc2c(c1)[C@@H]1C=CC[C@H]1[C@@H](c1ccc(N=Cc3ccccc3OCc3ccc([N+](=O)[O-])cc3)cc1)N2. The molecule has 0 unspecified atom stereocenters. The van der Waals surface area contributed by atoms with Crippen LogP contribution in [0.25, 0.3) is 0 Å². The summed E-state index contributed by atoms with van der Waals surface area (Å²) in [5, 5.41) is 14.7. The summed E-state index contributed by atoms with van der Waals surface area (Å²) in [6.45, 7) is 2.47. The van der Waals surface area contributed by atoms with Gasteiger partial charge >= 0.3 is 0 Å². The summed E-state index contributed by atoms with van der Waals surface area (Å²) < 4.78 is 6.01. The van der Waals surface area contributed by atoms with Gasteiger partial charge in [-0.2, -0.15) is 0 Å². The first-order valence-electron chi connectivity index (χ1n) is 13.2. The molecule has 3 atom stereocenters. The number of ether oxygens (including phenoxy) is 1. The van der Waals surface area contributed by atoms with E-state index in [1.54, 1.807) is 12.1 Å². The van der Waals surface area contributed by atoms with Gasteiger partial charge in [0.15, 0.2) is 0 Å². The predicted octanol–water partition coefficient (Wildman–Crippen LogP) is 8.06. The molecule has 194 valence electrons. The number of nitro groups is 1. The second-order valence-electron chi connectivity index (χ2n) is 10.2. The molecule has 1 aliphatic heterocycles. The molecule has 0 bridgehead atoms. The van der Waals surface area contributed by atoms with Gasteiger partial charge in [-0.15, -0.1) is 0 Å². The first-order valence-corrected chi connectivity index (χ1v) is 13.2. The molecule has 4 aromatic rings. The van der Waals surface area contributed by atoms with E-state index in [9.17, 15) is 10.1 Å². The summed E-state index contributed by atoms with van der Waals surface area (Å²) >= 11 is 0. The van der Waals surface area contributed by atoms with Crippen molar-refractivity contribution >= 4 is 23.3 Å². The highest BCUT2D eigenvalue weighted by molar-refractivity contribution is 5.85. The number of nitrogens with one attached hydrogen (secondary N) is 1. The quantitative estimate of drug-likeness (QED) is 0.117. The summed E-state index contributed by atoms with van der Waals surface area (Å²) in [6, 6.07) is 29.6. The molecule has 1 heterocycles. The Bertz CT molecular complexity index is 1560. The summed E-state index contributed by atoms with van der Waals surface area (Å²) in [4.78, 5) is 15.2. The smallest absolute Gasteiger partial charge is 0.269 e. The number of allylic oxidation sites excluding steroid dienone is 2. The average molecular weight is 516 g/mol. The summed E-state index contributed by atoms with van der Waals surface area (Å²) in [5.74, 6) is 1.66. The van der Waals surface area contributed by atoms with Crippen molar-refractivity contribution in [3.8, 4) is 5.75 Å². The standard InChI is InChI=1S/C33H29N3O3/c1-22-9-18-31-30(19-22)28-6-4-7-29(28)33(35-31)24-12-14-26(15-13-24)34-20-25-5-2-3-8-32(25)39-21-23-10-16-27(17-11-23)36(37)38/h2-6,8-20,28-29,33,35H,7,21H2,1H3/t28-,29-,33-/m1/s1. The second-order valence-corrected chi connectivity index (χ2v) is 10.2. The maximum Gasteiger partial charge on any atom is 0.269 e. The van der Waals surface area contributed by atoms with E-state index in [2.05, 4.69) is 66.9 Å². The van der Waals surface area contributed by atoms with E-state index in [1.165, 1.54) is 34.5 Å². The Morgan fingerprint density at radius 3 is 2.62 bits per heavy atom. The number of aliphatic imine (C=N–C) groups is 1. The highest BCUT2D eigenvalue weighted by Crippen LogP contribution is 2.50. The van der Waals surface area contributed by atoms with E-state index >= 15 is 0 Å². The maximum absolute atomic E-state index is 10.9. The van der Waals surface area contributed by atoms with Crippen LogP contribution in [0.1, 0.15) is 46.2 Å². The van der Waals surface area contributed by atoms with Crippen LogP contribution in [0.4, 0.5) is 17.1 Å². The molecule has 0 amide bonds. The normalized spacial score (nSPS) is 19.4. The van der Waals surface area contributed by atoms with Gasteiger partial charge in [0.2, 0.25) is 0 Å². The largest absolute Gasteiger partial charge is 0.488 e. The number of hydrogen-bond acceptors (Lipinski definition) is 5. The van der Waals surface area contributed by atoms with Crippen LogP contribution in [0.5, 0.6) is 5.75 Å². The van der Waals surface area contributed by atoms with Crippen LogP contribution in [0.15, 0.2) is 108 Å². The molecule has 0 radical (unpaired) electrons. The van der Waals surface area contributed by atoms with Crippen molar-refractivity contribution in [3.63, 3.8) is 0 Å². The van der Waals surface area contributed by atoms with Gasteiger partial charge in [-0.25, -0.2) is 0 Å². The molecular weight excluding hydrogens is 486 g/mol. The molecular formula is C33H29N3O3. The van der Waals surface area contributed by atoms with Gasteiger partial charge in [0.05, 0.1) is 16.7 Å². The third-order valence-electron chi connectivity index (χ3n) is 7.58. The average Bonchev–Trinajstić information content (AvgIpc) is 3.46. The topological polar surface area (TPSA) is 76.8 Å². The fourth-order valence-electron chi connectivity index (χ4n) is 5.55. The first-order chi connectivity index (χ1) is 19.0. The zero-order valence-electron chi connectivity index (χ0n) is 21.7. The predicted molar refractivity (Wildman–Crippen MR) is 155 cm³/mol. The molecule has 6 rings (SSSR count). The minimum absolute atomic E-state index is 0.0659. The lowest BCUT2D eigenvalue weighted by Crippen LogP contribution is -2.29. The van der Waals surface area contributed by atoms with Gasteiger partial charge < -0.3 is 10.1 Å². The van der Waals surface area contributed by atoms with Gasteiger partial charge in [-0.05, 0) is 78.4 Å². The lowest BCUT2D eigenvalue weighted by atomic mass is 9.76. The van der Waals surface area contributed by atoms with Crippen molar-refractivity contribution < 1.29 is 9.66 Å². The Morgan fingerprint density at radius 1 is 1.03 bits per heavy atom. The minimum atomic E-state index is -0.406. The summed E-state index contributed by atoms with van der Waals surface area (Å²) in [7, 11) is 0. The van der Waals surface area contributed by atoms with Gasteiger partial charge in [0, 0.05) is 35.5 Å². The molecule has 0 fully saturated rings. The second kappa shape index (κ2) is 10.6. The molecule has 0 aromatic heterocycles. The zero-order chi connectivity index (χ0) is 26.8. The fraction of sp³-hybridized carbons (Fsp3) is 0.182. The van der Waals surface area contributed by atoms with Crippen LogP contribution in [-0.4, -0.2) is 11.1 Å². The van der Waals surface area contributed by atoms with Crippen molar-refractivity contribution in [3.05, 3.63) is 141 Å².